The Morgan fingerprint density at radius 3 is 2.64 bits per heavy atom. The lowest BCUT2D eigenvalue weighted by atomic mass is 10.0. The standard InChI is InChI=1S/C19H17FN2O3/c1-25-15-6-2-12(3-7-15)18-10-13(4-9-19(23)22-24)16-11-14(20)5-8-17(16)21-18/h2-3,5-8,10-11,24H,4,9H2,1H3,(H,22,23). The minimum Gasteiger partial charge on any atom is -0.497 e. The second kappa shape index (κ2) is 7.27. The molecule has 1 aromatic heterocycles. The molecule has 0 aliphatic rings. The van der Waals surface area contributed by atoms with E-state index in [1.807, 2.05) is 30.3 Å². The Morgan fingerprint density at radius 1 is 1.20 bits per heavy atom. The summed E-state index contributed by atoms with van der Waals surface area (Å²) in [5.41, 5.74) is 4.66. The summed E-state index contributed by atoms with van der Waals surface area (Å²) in [4.78, 5) is 15.9. The molecule has 5 nitrogen and oxygen atoms in total. The highest BCUT2D eigenvalue weighted by atomic mass is 19.1. The lowest BCUT2D eigenvalue weighted by molar-refractivity contribution is -0.129. The van der Waals surface area contributed by atoms with Gasteiger partial charge in [0, 0.05) is 17.4 Å². The van der Waals surface area contributed by atoms with Crippen LogP contribution in [0.25, 0.3) is 22.2 Å². The third kappa shape index (κ3) is 3.75. The van der Waals surface area contributed by atoms with Gasteiger partial charge < -0.3 is 4.74 Å². The number of nitrogens with zero attached hydrogens (tertiary/aromatic N) is 1. The summed E-state index contributed by atoms with van der Waals surface area (Å²) in [6, 6.07) is 13.7. The number of ether oxygens (including phenoxy) is 1. The van der Waals surface area contributed by atoms with Crippen molar-refractivity contribution in [3.05, 3.63) is 59.9 Å². The Balaban J connectivity index is 2.06. The summed E-state index contributed by atoms with van der Waals surface area (Å²) < 4.78 is 18.8. The molecule has 0 fully saturated rings. The molecule has 0 bridgehead atoms. The minimum absolute atomic E-state index is 0.0914. The van der Waals surface area contributed by atoms with Crippen LogP contribution in [0.3, 0.4) is 0 Å². The van der Waals surface area contributed by atoms with Crippen molar-refractivity contribution in [3.8, 4) is 17.0 Å². The fourth-order valence-electron chi connectivity index (χ4n) is 2.69. The third-order valence-corrected chi connectivity index (χ3v) is 3.99. The smallest absolute Gasteiger partial charge is 0.243 e. The van der Waals surface area contributed by atoms with Crippen LogP contribution in [0.1, 0.15) is 12.0 Å². The first kappa shape index (κ1) is 16.9. The van der Waals surface area contributed by atoms with E-state index in [1.165, 1.54) is 12.1 Å². The first-order valence-electron chi connectivity index (χ1n) is 7.77. The van der Waals surface area contributed by atoms with Crippen molar-refractivity contribution >= 4 is 16.8 Å². The number of aryl methyl sites for hydroxylation is 1. The average Bonchev–Trinajstić information content (AvgIpc) is 2.65. The second-order valence-electron chi connectivity index (χ2n) is 5.59. The number of amides is 1. The van der Waals surface area contributed by atoms with Gasteiger partial charge >= 0.3 is 0 Å². The number of methoxy groups -OCH3 is 1. The molecule has 25 heavy (non-hydrogen) atoms. The van der Waals surface area contributed by atoms with Crippen LogP contribution < -0.4 is 10.2 Å². The summed E-state index contributed by atoms with van der Waals surface area (Å²) in [5.74, 6) is -0.113. The number of halogens is 1. The molecule has 1 heterocycles. The van der Waals surface area contributed by atoms with Gasteiger partial charge in [0.05, 0.1) is 18.3 Å². The molecule has 3 rings (SSSR count). The number of carbonyl (C=O) groups excluding carboxylic acids is 1. The Bertz CT molecular complexity index is 910. The molecule has 2 N–H and O–H groups in total. The van der Waals surface area contributed by atoms with Gasteiger partial charge in [-0.3, -0.25) is 10.0 Å². The molecule has 0 aliphatic heterocycles. The summed E-state index contributed by atoms with van der Waals surface area (Å²) in [7, 11) is 1.60. The molecule has 2 aromatic carbocycles. The molecule has 6 heteroatoms. The largest absolute Gasteiger partial charge is 0.497 e. The van der Waals surface area contributed by atoms with Gasteiger partial charge in [0.1, 0.15) is 11.6 Å². The molecule has 0 aliphatic carbocycles. The van der Waals surface area contributed by atoms with Crippen LogP contribution in [0, 0.1) is 5.82 Å². The lowest BCUT2D eigenvalue weighted by Crippen LogP contribution is -2.18. The van der Waals surface area contributed by atoms with Crippen LogP contribution in [-0.2, 0) is 11.2 Å². The number of benzene rings is 2. The van der Waals surface area contributed by atoms with Gasteiger partial charge in [0.2, 0.25) is 5.91 Å². The van der Waals surface area contributed by atoms with E-state index in [4.69, 9.17) is 9.94 Å². The van der Waals surface area contributed by atoms with Crippen LogP contribution in [0.15, 0.2) is 48.5 Å². The van der Waals surface area contributed by atoms with Crippen LogP contribution in [0.2, 0.25) is 0 Å². The number of hydrogen-bond acceptors (Lipinski definition) is 4. The number of hydrogen-bond donors (Lipinski definition) is 2. The fourth-order valence-corrected chi connectivity index (χ4v) is 2.69. The van der Waals surface area contributed by atoms with Gasteiger partial charge in [0.15, 0.2) is 0 Å². The lowest BCUT2D eigenvalue weighted by Gasteiger charge is -2.10. The molecule has 128 valence electrons. The maximum Gasteiger partial charge on any atom is 0.243 e. The monoisotopic (exact) mass is 340 g/mol. The van der Waals surface area contributed by atoms with Gasteiger partial charge in [-0.25, -0.2) is 14.9 Å². The van der Waals surface area contributed by atoms with Crippen molar-refractivity contribution in [2.75, 3.05) is 7.11 Å². The van der Waals surface area contributed by atoms with E-state index in [9.17, 15) is 9.18 Å². The van der Waals surface area contributed by atoms with Gasteiger partial charge in [-0.15, -0.1) is 0 Å². The Hall–Kier alpha value is -2.99. The first-order valence-corrected chi connectivity index (χ1v) is 7.77. The highest BCUT2D eigenvalue weighted by molar-refractivity contribution is 5.86. The van der Waals surface area contributed by atoms with E-state index in [1.54, 1.807) is 18.7 Å². The van der Waals surface area contributed by atoms with Crippen molar-refractivity contribution < 1.29 is 19.1 Å². The van der Waals surface area contributed by atoms with Gasteiger partial charge in [0.25, 0.3) is 0 Å². The molecule has 3 aromatic rings. The van der Waals surface area contributed by atoms with E-state index in [0.29, 0.717) is 17.3 Å². The number of hydroxylamine groups is 1. The number of rotatable bonds is 5. The fraction of sp³-hybridized carbons (Fsp3) is 0.158. The van der Waals surface area contributed by atoms with Crippen molar-refractivity contribution in [2.24, 2.45) is 0 Å². The molecule has 0 saturated carbocycles. The third-order valence-electron chi connectivity index (χ3n) is 3.99. The molecular weight excluding hydrogens is 323 g/mol. The van der Waals surface area contributed by atoms with E-state index < -0.39 is 5.91 Å². The number of fused-ring (bicyclic) bond motifs is 1. The van der Waals surface area contributed by atoms with Crippen molar-refractivity contribution in [2.45, 2.75) is 12.8 Å². The molecule has 0 spiro atoms. The Labute approximate surface area is 144 Å². The van der Waals surface area contributed by atoms with E-state index in [2.05, 4.69) is 4.98 Å². The summed E-state index contributed by atoms with van der Waals surface area (Å²) >= 11 is 0. The zero-order valence-electron chi connectivity index (χ0n) is 13.6. The maximum atomic E-state index is 13.6. The number of carbonyl (C=O) groups is 1. The zero-order chi connectivity index (χ0) is 17.8. The Morgan fingerprint density at radius 2 is 1.96 bits per heavy atom. The summed E-state index contributed by atoms with van der Waals surface area (Å²) in [6.45, 7) is 0. The van der Waals surface area contributed by atoms with Gasteiger partial charge in [-0.05, 0) is 60.5 Å². The zero-order valence-corrected chi connectivity index (χ0v) is 13.6. The van der Waals surface area contributed by atoms with E-state index in [-0.39, 0.29) is 12.2 Å². The topological polar surface area (TPSA) is 71.5 Å². The quantitative estimate of drug-likeness (QED) is 0.551. The molecule has 0 radical (unpaired) electrons. The SMILES string of the molecule is COc1ccc(-c2cc(CCC(=O)NO)c3cc(F)ccc3n2)cc1. The van der Waals surface area contributed by atoms with E-state index >= 15 is 0 Å². The number of pyridine rings is 1. The normalized spacial score (nSPS) is 10.7. The van der Waals surface area contributed by atoms with Crippen LogP contribution >= 0.6 is 0 Å². The van der Waals surface area contributed by atoms with E-state index in [0.717, 1.165) is 22.6 Å². The van der Waals surface area contributed by atoms with Crippen LogP contribution in [0.5, 0.6) is 5.75 Å². The van der Waals surface area contributed by atoms with Gasteiger partial charge in [-0.2, -0.15) is 0 Å². The van der Waals surface area contributed by atoms with Crippen molar-refractivity contribution in [1.29, 1.82) is 0 Å². The molecule has 0 atom stereocenters. The summed E-state index contributed by atoms with van der Waals surface area (Å²) in [5, 5.41) is 9.32. The summed E-state index contributed by atoms with van der Waals surface area (Å²) in [6.07, 6.45) is 0.451. The Kier molecular flexibility index (Phi) is 4.90. The first-order chi connectivity index (χ1) is 12.1. The predicted molar refractivity (Wildman–Crippen MR) is 91.9 cm³/mol. The molecule has 1 amide bonds. The molecule has 0 saturated heterocycles. The van der Waals surface area contributed by atoms with Crippen molar-refractivity contribution in [3.63, 3.8) is 0 Å². The highest BCUT2D eigenvalue weighted by Gasteiger charge is 2.11. The molecular formula is C19H17FN2O3. The minimum atomic E-state index is -0.493. The highest BCUT2D eigenvalue weighted by Crippen LogP contribution is 2.27. The van der Waals surface area contributed by atoms with Gasteiger partial charge in [-0.1, -0.05) is 0 Å². The number of nitrogens with one attached hydrogen (secondary N) is 1. The predicted octanol–water partition coefficient (Wildman–Crippen LogP) is 3.49. The maximum absolute atomic E-state index is 13.6. The van der Waals surface area contributed by atoms with Crippen LogP contribution in [-0.4, -0.2) is 23.2 Å². The second-order valence-corrected chi connectivity index (χ2v) is 5.59. The molecule has 0 unspecified atom stereocenters. The number of aromatic nitrogens is 1. The average molecular weight is 340 g/mol. The van der Waals surface area contributed by atoms with Crippen LogP contribution in [0.4, 0.5) is 4.39 Å². The van der Waals surface area contributed by atoms with Crippen molar-refractivity contribution in [1.82, 2.24) is 10.5 Å².